The van der Waals surface area contributed by atoms with Crippen LogP contribution in [0.3, 0.4) is 0 Å². The van der Waals surface area contributed by atoms with Crippen molar-refractivity contribution in [2.75, 3.05) is 23.0 Å². The number of halogens is 1. The fourth-order valence-corrected chi connectivity index (χ4v) is 6.26. The summed E-state index contributed by atoms with van der Waals surface area (Å²) in [5, 5.41) is 0. The molecule has 0 aromatic heterocycles. The molecule has 6 heteroatoms. The average Bonchev–Trinajstić information content (AvgIpc) is 3.25. The number of hydrogen-bond donors (Lipinski definition) is 0. The smallest absolute Gasteiger partial charge is 0.256 e. The van der Waals surface area contributed by atoms with Crippen LogP contribution < -0.4 is 9.80 Å². The third-order valence-corrected chi connectivity index (χ3v) is 8.09. The molecule has 2 aliphatic heterocycles. The minimum Gasteiger partial charge on any atom is -0.368 e. The van der Waals surface area contributed by atoms with Gasteiger partial charge < -0.3 is 14.5 Å². The molecule has 5 rings (SSSR count). The summed E-state index contributed by atoms with van der Waals surface area (Å²) in [6.07, 6.45) is 8.87. The van der Waals surface area contributed by atoms with Gasteiger partial charge in [-0.3, -0.25) is 9.59 Å². The molecule has 1 saturated carbocycles. The Morgan fingerprint density at radius 2 is 1.60 bits per heavy atom. The van der Waals surface area contributed by atoms with E-state index in [1.807, 2.05) is 30.0 Å². The Morgan fingerprint density at radius 3 is 2.29 bits per heavy atom. The summed E-state index contributed by atoms with van der Waals surface area (Å²) in [5.41, 5.74) is 3.30. The van der Waals surface area contributed by atoms with Crippen LogP contribution in [-0.2, 0) is 14.3 Å². The number of nitrogens with zero attached hydrogens (tertiary/aromatic N) is 2. The van der Waals surface area contributed by atoms with Crippen LogP contribution in [0, 0.1) is 11.2 Å². The summed E-state index contributed by atoms with van der Waals surface area (Å²) >= 11 is 0. The first-order valence-electron chi connectivity index (χ1n) is 13.0. The fraction of sp³-hybridized carbons (Fsp3) is 0.517. The lowest BCUT2D eigenvalue weighted by Crippen LogP contribution is -2.53. The molecule has 1 spiro atoms. The van der Waals surface area contributed by atoms with Crippen LogP contribution in [0.25, 0.3) is 11.1 Å². The lowest BCUT2D eigenvalue weighted by molar-refractivity contribution is -0.127. The fourth-order valence-electron chi connectivity index (χ4n) is 6.26. The van der Waals surface area contributed by atoms with Gasteiger partial charge in [-0.15, -0.1) is 0 Å². The zero-order valence-electron chi connectivity index (χ0n) is 20.8. The lowest BCUT2D eigenvalue weighted by Gasteiger charge is -2.41. The summed E-state index contributed by atoms with van der Waals surface area (Å²) in [7, 11) is 0. The van der Waals surface area contributed by atoms with Crippen LogP contribution in [0.1, 0.15) is 65.2 Å². The van der Waals surface area contributed by atoms with E-state index in [-0.39, 0.29) is 29.1 Å². The van der Waals surface area contributed by atoms with E-state index >= 15 is 0 Å². The van der Waals surface area contributed by atoms with Gasteiger partial charge in [-0.1, -0.05) is 50.3 Å². The summed E-state index contributed by atoms with van der Waals surface area (Å²) in [4.78, 5) is 30.0. The second-order valence-electron chi connectivity index (χ2n) is 10.7. The second-order valence-corrected chi connectivity index (χ2v) is 10.7. The van der Waals surface area contributed by atoms with Gasteiger partial charge in [0.25, 0.3) is 5.91 Å². The Bertz CT molecular complexity index is 1090. The third-order valence-electron chi connectivity index (χ3n) is 8.09. The van der Waals surface area contributed by atoms with Crippen molar-refractivity contribution in [1.29, 1.82) is 0 Å². The van der Waals surface area contributed by atoms with Crippen molar-refractivity contribution in [3.63, 3.8) is 0 Å². The molecule has 2 aromatic rings. The predicted molar refractivity (Wildman–Crippen MR) is 136 cm³/mol. The van der Waals surface area contributed by atoms with Crippen LogP contribution in [0.5, 0.6) is 0 Å². The predicted octanol–water partition coefficient (Wildman–Crippen LogP) is 6.10. The van der Waals surface area contributed by atoms with Gasteiger partial charge >= 0.3 is 0 Å². The number of carbonyl (C=O) groups excluding carboxylic acids is 2. The number of ether oxygens (including phenoxy) is 1. The Morgan fingerprint density at radius 1 is 0.943 bits per heavy atom. The normalized spacial score (nSPS) is 24.1. The van der Waals surface area contributed by atoms with E-state index in [1.54, 1.807) is 24.0 Å². The second kappa shape index (κ2) is 9.73. The molecule has 1 unspecified atom stereocenters. The minimum absolute atomic E-state index is 0.0171. The third kappa shape index (κ3) is 4.73. The van der Waals surface area contributed by atoms with E-state index in [0.717, 1.165) is 36.1 Å². The molecule has 1 saturated heterocycles. The van der Waals surface area contributed by atoms with Crippen LogP contribution in [0.15, 0.2) is 42.5 Å². The molecule has 35 heavy (non-hydrogen) atoms. The molecule has 0 N–H and O–H groups in total. The van der Waals surface area contributed by atoms with Gasteiger partial charge in [0.2, 0.25) is 5.91 Å². The molecule has 2 amide bonds. The van der Waals surface area contributed by atoms with E-state index in [0.29, 0.717) is 18.8 Å². The maximum absolute atomic E-state index is 13.9. The Kier molecular flexibility index (Phi) is 6.67. The van der Waals surface area contributed by atoms with E-state index in [2.05, 4.69) is 0 Å². The zero-order valence-corrected chi connectivity index (χ0v) is 20.8. The quantitative estimate of drug-likeness (QED) is 0.524. The highest BCUT2D eigenvalue weighted by Gasteiger charge is 2.45. The molecule has 2 atom stereocenters. The summed E-state index contributed by atoms with van der Waals surface area (Å²) in [6, 6.07) is 12.0. The monoisotopic (exact) mass is 478 g/mol. The number of benzene rings is 2. The van der Waals surface area contributed by atoms with E-state index < -0.39 is 6.10 Å². The number of anilines is 2. The van der Waals surface area contributed by atoms with E-state index in [1.165, 1.54) is 44.2 Å². The largest absolute Gasteiger partial charge is 0.368 e. The highest BCUT2D eigenvalue weighted by atomic mass is 19.1. The summed E-state index contributed by atoms with van der Waals surface area (Å²) < 4.78 is 19.7. The molecular formula is C29H35FN2O3. The molecule has 2 aromatic carbocycles. The molecule has 186 valence electrons. The lowest BCUT2D eigenvalue weighted by atomic mass is 9.74. The standard InChI is InChI=1S/C29H35FN2O3/c1-20-18-31(28(34)27-17-29(19-35-27)14-6-4-3-5-7-15-29)26-16-23(22-8-11-24(30)12-9-22)10-13-25(26)32(20)21(2)33/h8-13,16,20,27H,3-7,14-15,17-19H2,1-2H3/t20-,27?/m0/s1. The molecular weight excluding hydrogens is 443 g/mol. The SMILES string of the molecule is CC(=O)N1c2ccc(-c3ccc(F)cc3)cc2N(C(=O)C2CC3(CCCCCCC3)CO2)C[C@@H]1C. The highest BCUT2D eigenvalue weighted by Crippen LogP contribution is 2.45. The number of rotatable bonds is 2. The van der Waals surface area contributed by atoms with Gasteiger partial charge in [-0.05, 0) is 67.0 Å². The maximum Gasteiger partial charge on any atom is 0.256 e. The summed E-state index contributed by atoms with van der Waals surface area (Å²) in [5.74, 6) is -0.357. The minimum atomic E-state index is -0.451. The van der Waals surface area contributed by atoms with Gasteiger partial charge in [0.05, 0.1) is 24.0 Å². The first-order valence-corrected chi connectivity index (χ1v) is 13.0. The number of carbonyl (C=O) groups is 2. The molecule has 3 aliphatic rings. The topological polar surface area (TPSA) is 49.9 Å². The van der Waals surface area contributed by atoms with Gasteiger partial charge in [-0.25, -0.2) is 4.39 Å². The van der Waals surface area contributed by atoms with E-state index in [4.69, 9.17) is 4.74 Å². The van der Waals surface area contributed by atoms with Crippen molar-refractivity contribution >= 4 is 23.2 Å². The Labute approximate surface area is 207 Å². The van der Waals surface area contributed by atoms with Crippen molar-refractivity contribution in [3.05, 3.63) is 48.3 Å². The number of hydrogen-bond acceptors (Lipinski definition) is 3. The Hall–Kier alpha value is -2.73. The van der Waals surface area contributed by atoms with Gasteiger partial charge in [0, 0.05) is 13.5 Å². The average molecular weight is 479 g/mol. The van der Waals surface area contributed by atoms with Gasteiger partial charge in [0.1, 0.15) is 11.9 Å². The van der Waals surface area contributed by atoms with Gasteiger partial charge in [0.15, 0.2) is 0 Å². The maximum atomic E-state index is 13.9. The molecule has 1 aliphatic carbocycles. The number of fused-ring (bicyclic) bond motifs is 1. The molecule has 5 nitrogen and oxygen atoms in total. The van der Waals surface area contributed by atoms with E-state index in [9.17, 15) is 14.0 Å². The molecule has 2 fully saturated rings. The highest BCUT2D eigenvalue weighted by molar-refractivity contribution is 6.06. The van der Waals surface area contributed by atoms with Crippen LogP contribution >= 0.6 is 0 Å². The number of amides is 2. The van der Waals surface area contributed by atoms with Crippen molar-refractivity contribution < 1.29 is 18.7 Å². The zero-order chi connectivity index (χ0) is 24.6. The first-order chi connectivity index (χ1) is 16.9. The van der Waals surface area contributed by atoms with Crippen LogP contribution in [-0.4, -0.2) is 37.1 Å². The van der Waals surface area contributed by atoms with Gasteiger partial charge in [-0.2, -0.15) is 0 Å². The van der Waals surface area contributed by atoms with Crippen LogP contribution in [0.2, 0.25) is 0 Å². The molecule has 2 heterocycles. The first kappa shape index (κ1) is 24.0. The molecule has 0 bridgehead atoms. The van der Waals surface area contributed by atoms with Crippen LogP contribution in [0.4, 0.5) is 15.8 Å². The van der Waals surface area contributed by atoms with Crippen molar-refractivity contribution in [3.8, 4) is 11.1 Å². The van der Waals surface area contributed by atoms with Crippen molar-refractivity contribution in [2.24, 2.45) is 5.41 Å². The Balaban J connectivity index is 1.46. The van der Waals surface area contributed by atoms with Crippen molar-refractivity contribution in [1.82, 2.24) is 0 Å². The molecule has 0 radical (unpaired) electrons. The summed E-state index contributed by atoms with van der Waals surface area (Å²) in [6.45, 7) is 4.62. The van der Waals surface area contributed by atoms with Crippen molar-refractivity contribution in [2.45, 2.75) is 77.4 Å².